The van der Waals surface area contributed by atoms with Crippen molar-refractivity contribution >= 4 is 22.7 Å². The molecule has 1 unspecified atom stereocenters. The maximum Gasteiger partial charge on any atom is 0.208 e. The van der Waals surface area contributed by atoms with Gasteiger partial charge in [-0.2, -0.15) is 0 Å². The van der Waals surface area contributed by atoms with Gasteiger partial charge in [-0.25, -0.2) is 4.98 Å². The van der Waals surface area contributed by atoms with Crippen molar-refractivity contribution in [1.29, 1.82) is 0 Å². The highest BCUT2D eigenvalue weighted by molar-refractivity contribution is 5.80. The molecule has 1 aromatic heterocycles. The number of para-hydroxylation sites is 2. The van der Waals surface area contributed by atoms with Crippen LogP contribution in [0, 0.1) is 5.41 Å². The van der Waals surface area contributed by atoms with Gasteiger partial charge in [-0.1, -0.05) is 32.4 Å². The van der Waals surface area contributed by atoms with E-state index in [9.17, 15) is 0 Å². The fourth-order valence-electron chi connectivity index (χ4n) is 4.18. The number of imidazole rings is 1. The minimum Gasteiger partial charge on any atom is -0.497 e. The van der Waals surface area contributed by atoms with E-state index in [0.29, 0.717) is 11.5 Å². The molecule has 4 nitrogen and oxygen atoms in total. The topological polar surface area (TPSA) is 39.1 Å². The molecule has 0 saturated heterocycles. The summed E-state index contributed by atoms with van der Waals surface area (Å²) >= 11 is 0. The molecule has 136 valence electrons. The SMILES string of the molecule is COc1ccc(Nc2nc3ccccc3n2C2CCCC(C)(C)C2)cc1. The number of fused-ring (bicyclic) bond motifs is 1. The first-order valence-electron chi connectivity index (χ1n) is 9.44. The van der Waals surface area contributed by atoms with Crippen molar-refractivity contribution in [2.45, 2.75) is 45.6 Å². The summed E-state index contributed by atoms with van der Waals surface area (Å²) in [6.07, 6.45) is 4.97. The quantitative estimate of drug-likeness (QED) is 0.634. The zero-order valence-electron chi connectivity index (χ0n) is 15.8. The van der Waals surface area contributed by atoms with Crippen molar-refractivity contribution < 1.29 is 4.74 Å². The Balaban J connectivity index is 1.73. The van der Waals surface area contributed by atoms with Gasteiger partial charge >= 0.3 is 0 Å². The van der Waals surface area contributed by atoms with Crippen LogP contribution in [0.1, 0.15) is 45.6 Å². The molecule has 1 aliphatic rings. The van der Waals surface area contributed by atoms with Crippen LogP contribution in [0.4, 0.5) is 11.6 Å². The van der Waals surface area contributed by atoms with Gasteiger partial charge in [-0.15, -0.1) is 0 Å². The molecule has 4 heteroatoms. The smallest absolute Gasteiger partial charge is 0.208 e. The third-order valence-corrected chi connectivity index (χ3v) is 5.49. The third-order valence-electron chi connectivity index (χ3n) is 5.49. The van der Waals surface area contributed by atoms with Gasteiger partial charge in [0.25, 0.3) is 0 Å². The van der Waals surface area contributed by atoms with Crippen LogP contribution in [0.2, 0.25) is 0 Å². The van der Waals surface area contributed by atoms with E-state index >= 15 is 0 Å². The monoisotopic (exact) mass is 349 g/mol. The Bertz CT molecular complexity index is 895. The van der Waals surface area contributed by atoms with Gasteiger partial charge in [-0.05, 0) is 61.1 Å². The van der Waals surface area contributed by atoms with E-state index in [0.717, 1.165) is 22.9 Å². The van der Waals surface area contributed by atoms with E-state index in [-0.39, 0.29) is 0 Å². The van der Waals surface area contributed by atoms with E-state index in [1.165, 1.54) is 31.2 Å². The number of rotatable bonds is 4. The molecule has 3 aromatic rings. The third kappa shape index (κ3) is 3.28. The number of hydrogen-bond donors (Lipinski definition) is 1. The van der Waals surface area contributed by atoms with Crippen LogP contribution in [0.5, 0.6) is 5.75 Å². The van der Waals surface area contributed by atoms with Crippen LogP contribution in [-0.4, -0.2) is 16.7 Å². The molecule has 0 bridgehead atoms. The van der Waals surface area contributed by atoms with Crippen LogP contribution in [0.3, 0.4) is 0 Å². The van der Waals surface area contributed by atoms with Gasteiger partial charge in [0.05, 0.1) is 18.1 Å². The highest BCUT2D eigenvalue weighted by Gasteiger charge is 2.31. The summed E-state index contributed by atoms with van der Waals surface area (Å²) in [5.74, 6) is 1.79. The van der Waals surface area contributed by atoms with Crippen molar-refractivity contribution in [3.8, 4) is 5.75 Å². The second kappa shape index (κ2) is 6.67. The van der Waals surface area contributed by atoms with Crippen LogP contribution in [-0.2, 0) is 0 Å². The second-order valence-corrected chi connectivity index (χ2v) is 8.06. The first-order valence-corrected chi connectivity index (χ1v) is 9.44. The van der Waals surface area contributed by atoms with E-state index in [1.54, 1.807) is 7.11 Å². The average molecular weight is 349 g/mol. The number of aromatic nitrogens is 2. The maximum absolute atomic E-state index is 5.26. The van der Waals surface area contributed by atoms with E-state index < -0.39 is 0 Å². The van der Waals surface area contributed by atoms with Crippen molar-refractivity contribution in [1.82, 2.24) is 9.55 Å². The fraction of sp³-hybridized carbons (Fsp3) is 0.409. The molecule has 26 heavy (non-hydrogen) atoms. The largest absolute Gasteiger partial charge is 0.497 e. The van der Waals surface area contributed by atoms with Crippen LogP contribution in [0.15, 0.2) is 48.5 Å². The van der Waals surface area contributed by atoms with Crippen LogP contribution in [0.25, 0.3) is 11.0 Å². The lowest BCUT2D eigenvalue weighted by atomic mass is 9.75. The number of nitrogens with one attached hydrogen (secondary N) is 1. The predicted octanol–water partition coefficient (Wildman–Crippen LogP) is 5.93. The Morgan fingerprint density at radius 1 is 1.12 bits per heavy atom. The number of ether oxygens (including phenoxy) is 1. The number of methoxy groups -OCH3 is 1. The Labute approximate surface area is 155 Å². The first kappa shape index (κ1) is 17.0. The van der Waals surface area contributed by atoms with Crippen molar-refractivity contribution in [3.63, 3.8) is 0 Å². The van der Waals surface area contributed by atoms with Gasteiger partial charge in [0.15, 0.2) is 0 Å². The molecule has 1 N–H and O–H groups in total. The van der Waals surface area contributed by atoms with E-state index in [4.69, 9.17) is 9.72 Å². The van der Waals surface area contributed by atoms with Gasteiger partial charge < -0.3 is 14.6 Å². The molecule has 0 aliphatic heterocycles. The number of hydrogen-bond acceptors (Lipinski definition) is 3. The number of benzene rings is 2. The molecule has 0 amide bonds. The summed E-state index contributed by atoms with van der Waals surface area (Å²) in [5, 5.41) is 3.53. The zero-order valence-corrected chi connectivity index (χ0v) is 15.8. The zero-order chi connectivity index (χ0) is 18.1. The lowest BCUT2D eigenvalue weighted by Gasteiger charge is -2.36. The lowest BCUT2D eigenvalue weighted by Crippen LogP contribution is -2.25. The molecule has 1 heterocycles. The summed E-state index contributed by atoms with van der Waals surface area (Å²) in [6, 6.07) is 16.9. The first-order chi connectivity index (χ1) is 12.6. The number of nitrogens with zero attached hydrogens (tertiary/aromatic N) is 2. The predicted molar refractivity (Wildman–Crippen MR) is 107 cm³/mol. The van der Waals surface area contributed by atoms with E-state index in [2.05, 4.69) is 48.0 Å². The van der Waals surface area contributed by atoms with Crippen LogP contribution >= 0.6 is 0 Å². The Hall–Kier alpha value is -2.49. The summed E-state index contributed by atoms with van der Waals surface area (Å²) in [6.45, 7) is 4.77. The minimum absolute atomic E-state index is 0.381. The lowest BCUT2D eigenvalue weighted by molar-refractivity contribution is 0.187. The normalized spacial score (nSPS) is 19.4. The van der Waals surface area contributed by atoms with Gasteiger partial charge in [0, 0.05) is 11.7 Å². The van der Waals surface area contributed by atoms with Gasteiger partial charge in [0.2, 0.25) is 5.95 Å². The Morgan fingerprint density at radius 3 is 2.62 bits per heavy atom. The van der Waals surface area contributed by atoms with Crippen molar-refractivity contribution in [2.24, 2.45) is 5.41 Å². The molecule has 4 rings (SSSR count). The molecule has 1 atom stereocenters. The number of anilines is 2. The summed E-state index contributed by atoms with van der Waals surface area (Å²) in [5.41, 5.74) is 3.67. The molecule has 2 aromatic carbocycles. The summed E-state index contributed by atoms with van der Waals surface area (Å²) < 4.78 is 7.68. The summed E-state index contributed by atoms with van der Waals surface area (Å²) in [4.78, 5) is 4.89. The Kier molecular flexibility index (Phi) is 4.35. The van der Waals surface area contributed by atoms with Crippen LogP contribution < -0.4 is 10.1 Å². The molecule has 0 spiro atoms. The maximum atomic E-state index is 5.26. The molecule has 0 radical (unpaired) electrons. The molecular formula is C22H27N3O. The van der Waals surface area contributed by atoms with Crippen molar-refractivity contribution in [2.75, 3.05) is 12.4 Å². The molecule has 1 fully saturated rings. The fourth-order valence-corrected chi connectivity index (χ4v) is 4.18. The van der Waals surface area contributed by atoms with Crippen molar-refractivity contribution in [3.05, 3.63) is 48.5 Å². The summed E-state index contributed by atoms with van der Waals surface area (Å²) in [7, 11) is 1.69. The van der Waals surface area contributed by atoms with Gasteiger partial charge in [-0.3, -0.25) is 0 Å². The highest BCUT2D eigenvalue weighted by atomic mass is 16.5. The molecule has 1 aliphatic carbocycles. The molecule has 1 saturated carbocycles. The second-order valence-electron chi connectivity index (χ2n) is 8.06. The standard InChI is InChI=1S/C22H27N3O/c1-22(2)14-6-7-17(15-22)25-20-9-5-4-8-19(20)24-21(25)23-16-10-12-18(26-3)13-11-16/h4-5,8-13,17H,6-7,14-15H2,1-3H3,(H,23,24). The average Bonchev–Trinajstić information content (AvgIpc) is 2.99. The Morgan fingerprint density at radius 2 is 1.88 bits per heavy atom. The van der Waals surface area contributed by atoms with E-state index in [1.807, 2.05) is 24.3 Å². The minimum atomic E-state index is 0.381. The van der Waals surface area contributed by atoms with Gasteiger partial charge in [0.1, 0.15) is 5.75 Å². The molecular weight excluding hydrogens is 322 g/mol. The highest BCUT2D eigenvalue weighted by Crippen LogP contribution is 2.43.